The number of carbonyl (C=O) groups is 2. The molecule has 1 amide bonds. The van der Waals surface area contributed by atoms with Crippen LogP contribution in [-0.4, -0.2) is 16.9 Å². The molecule has 3 aromatic rings. The van der Waals surface area contributed by atoms with Crippen LogP contribution in [0, 0.1) is 0 Å². The van der Waals surface area contributed by atoms with Gasteiger partial charge in [0.25, 0.3) is 0 Å². The average molecular weight is 430 g/mol. The van der Waals surface area contributed by atoms with E-state index in [9.17, 15) is 9.59 Å². The monoisotopic (exact) mass is 429 g/mol. The molecular formula is C22H17Cl2NO2S. The van der Waals surface area contributed by atoms with Crippen molar-refractivity contribution in [1.29, 1.82) is 0 Å². The molecule has 3 rings (SSSR count). The van der Waals surface area contributed by atoms with E-state index in [-0.39, 0.29) is 16.9 Å². The molecule has 0 spiro atoms. The van der Waals surface area contributed by atoms with Gasteiger partial charge in [0.15, 0.2) is 5.78 Å². The van der Waals surface area contributed by atoms with Crippen LogP contribution in [0.15, 0.2) is 77.7 Å². The van der Waals surface area contributed by atoms with Crippen molar-refractivity contribution < 1.29 is 9.59 Å². The number of amides is 1. The molecule has 28 heavy (non-hydrogen) atoms. The molecule has 0 aliphatic heterocycles. The van der Waals surface area contributed by atoms with Crippen LogP contribution in [0.1, 0.15) is 22.8 Å². The molecule has 6 heteroatoms. The smallest absolute Gasteiger partial charge is 0.237 e. The minimum atomic E-state index is -0.364. The summed E-state index contributed by atoms with van der Waals surface area (Å²) in [5, 5.41) is 3.57. The lowest BCUT2D eigenvalue weighted by molar-refractivity contribution is -0.115. The van der Waals surface area contributed by atoms with E-state index in [1.807, 2.05) is 25.1 Å². The first-order valence-electron chi connectivity index (χ1n) is 8.56. The largest absolute Gasteiger partial charge is 0.324 e. The quantitative estimate of drug-likeness (QED) is 0.367. The highest BCUT2D eigenvalue weighted by atomic mass is 35.5. The van der Waals surface area contributed by atoms with E-state index in [2.05, 4.69) is 5.32 Å². The van der Waals surface area contributed by atoms with Crippen LogP contribution in [0.5, 0.6) is 0 Å². The summed E-state index contributed by atoms with van der Waals surface area (Å²) in [6.07, 6.45) is 0. The summed E-state index contributed by atoms with van der Waals surface area (Å²) >= 11 is 13.4. The van der Waals surface area contributed by atoms with E-state index in [1.165, 1.54) is 11.8 Å². The Labute approximate surface area is 178 Å². The number of carbonyl (C=O) groups excluding carboxylic acids is 2. The zero-order valence-corrected chi connectivity index (χ0v) is 17.3. The van der Waals surface area contributed by atoms with E-state index < -0.39 is 0 Å². The summed E-state index contributed by atoms with van der Waals surface area (Å²) in [4.78, 5) is 26.5. The number of hydrogen-bond acceptors (Lipinski definition) is 3. The predicted molar refractivity (Wildman–Crippen MR) is 117 cm³/mol. The third-order valence-corrected chi connectivity index (χ3v) is 5.61. The maximum Gasteiger partial charge on any atom is 0.237 e. The highest BCUT2D eigenvalue weighted by Gasteiger charge is 2.19. The topological polar surface area (TPSA) is 46.2 Å². The van der Waals surface area contributed by atoms with Crippen molar-refractivity contribution in [2.75, 3.05) is 5.32 Å². The molecule has 3 nitrogen and oxygen atoms in total. The van der Waals surface area contributed by atoms with Gasteiger partial charge in [0.1, 0.15) is 0 Å². The molecule has 0 unspecified atom stereocenters. The fourth-order valence-corrected chi connectivity index (χ4v) is 3.73. The number of ketones is 1. The number of hydrogen-bond donors (Lipinski definition) is 1. The van der Waals surface area contributed by atoms with E-state index in [4.69, 9.17) is 23.2 Å². The molecule has 3 aromatic carbocycles. The SMILES string of the molecule is C[C@@H](Sc1ccc(Cl)cc1)C(=O)Nc1ccc(Cl)cc1C(=O)c1ccccc1. The van der Waals surface area contributed by atoms with Crippen molar-refractivity contribution in [1.82, 2.24) is 0 Å². The Kier molecular flexibility index (Phi) is 6.79. The molecule has 0 saturated heterocycles. The molecule has 1 N–H and O–H groups in total. The third kappa shape index (κ3) is 5.16. The summed E-state index contributed by atoms with van der Waals surface area (Å²) in [6.45, 7) is 1.81. The van der Waals surface area contributed by atoms with Crippen molar-refractivity contribution >= 4 is 52.3 Å². The van der Waals surface area contributed by atoms with Gasteiger partial charge in [-0.15, -0.1) is 11.8 Å². The van der Waals surface area contributed by atoms with E-state index >= 15 is 0 Å². The van der Waals surface area contributed by atoms with Crippen molar-refractivity contribution in [2.45, 2.75) is 17.1 Å². The zero-order valence-electron chi connectivity index (χ0n) is 15.0. The summed E-state index contributed by atoms with van der Waals surface area (Å²) in [6, 6.07) is 21.0. The van der Waals surface area contributed by atoms with Gasteiger partial charge in [-0.25, -0.2) is 0 Å². The molecule has 0 bridgehead atoms. The van der Waals surface area contributed by atoms with Gasteiger partial charge in [-0.2, -0.15) is 0 Å². The standard InChI is InChI=1S/C22H17Cl2NO2S/c1-14(28-18-10-7-16(23)8-11-18)22(27)25-20-12-9-17(24)13-19(20)21(26)15-5-3-2-4-6-15/h2-14H,1H3,(H,25,27)/t14-/m1/s1. The highest BCUT2D eigenvalue weighted by molar-refractivity contribution is 8.00. The van der Waals surface area contributed by atoms with Gasteiger partial charge in [-0.1, -0.05) is 53.5 Å². The predicted octanol–water partition coefficient (Wildman–Crippen LogP) is 6.34. The van der Waals surface area contributed by atoms with Gasteiger partial charge >= 0.3 is 0 Å². The van der Waals surface area contributed by atoms with Crippen LogP contribution >= 0.6 is 35.0 Å². The molecule has 142 valence electrons. The normalized spacial score (nSPS) is 11.7. The number of nitrogens with one attached hydrogen (secondary N) is 1. The van der Waals surface area contributed by atoms with E-state index in [0.717, 1.165) is 4.90 Å². The molecule has 0 radical (unpaired) electrons. The molecule has 0 saturated carbocycles. The summed E-state index contributed by atoms with van der Waals surface area (Å²) in [7, 11) is 0. The van der Waals surface area contributed by atoms with Crippen LogP contribution in [-0.2, 0) is 4.79 Å². The van der Waals surface area contributed by atoms with Crippen LogP contribution < -0.4 is 5.32 Å². The fourth-order valence-electron chi connectivity index (χ4n) is 2.56. The number of halogens is 2. The van der Waals surface area contributed by atoms with Gasteiger partial charge in [0.05, 0.1) is 10.9 Å². The summed E-state index contributed by atoms with van der Waals surface area (Å²) in [5.74, 6) is -0.402. The van der Waals surface area contributed by atoms with Crippen molar-refractivity contribution in [3.05, 3.63) is 94.0 Å². The second-order valence-corrected chi connectivity index (χ2v) is 8.38. The van der Waals surface area contributed by atoms with Crippen molar-refractivity contribution in [3.63, 3.8) is 0 Å². The number of thioether (sulfide) groups is 1. The second-order valence-electron chi connectivity index (χ2n) is 6.09. The zero-order chi connectivity index (χ0) is 20.1. The van der Waals surface area contributed by atoms with Gasteiger partial charge in [0.2, 0.25) is 5.91 Å². The second kappa shape index (κ2) is 9.28. The Bertz CT molecular complexity index is 991. The Morgan fingerprint density at radius 2 is 1.54 bits per heavy atom. The van der Waals surface area contributed by atoms with E-state index in [1.54, 1.807) is 54.6 Å². The lowest BCUT2D eigenvalue weighted by Crippen LogP contribution is -2.23. The molecule has 0 fully saturated rings. The molecule has 0 aliphatic carbocycles. The number of anilines is 1. The van der Waals surface area contributed by atoms with Crippen LogP contribution in [0.25, 0.3) is 0 Å². The van der Waals surface area contributed by atoms with E-state index in [0.29, 0.717) is 26.9 Å². The Hall–Kier alpha value is -2.27. The average Bonchev–Trinajstić information content (AvgIpc) is 2.71. The maximum absolute atomic E-state index is 12.9. The van der Waals surface area contributed by atoms with Crippen LogP contribution in [0.4, 0.5) is 5.69 Å². The number of benzene rings is 3. The molecule has 1 atom stereocenters. The minimum absolute atomic E-state index is 0.198. The molecular weight excluding hydrogens is 413 g/mol. The third-order valence-electron chi connectivity index (χ3n) is 4.02. The Balaban J connectivity index is 1.79. The molecule has 0 heterocycles. The lowest BCUT2D eigenvalue weighted by atomic mass is 10.0. The van der Waals surface area contributed by atoms with Gasteiger partial charge in [0, 0.05) is 26.1 Å². The number of rotatable bonds is 6. The van der Waals surface area contributed by atoms with Gasteiger partial charge < -0.3 is 5.32 Å². The van der Waals surface area contributed by atoms with Gasteiger partial charge in [-0.3, -0.25) is 9.59 Å². The minimum Gasteiger partial charge on any atom is -0.324 e. The first-order chi connectivity index (χ1) is 13.4. The van der Waals surface area contributed by atoms with Gasteiger partial charge in [-0.05, 0) is 49.4 Å². The summed E-state index contributed by atoms with van der Waals surface area (Å²) in [5.41, 5.74) is 1.33. The maximum atomic E-state index is 12.9. The Morgan fingerprint density at radius 3 is 2.21 bits per heavy atom. The van der Waals surface area contributed by atoms with Crippen molar-refractivity contribution in [2.24, 2.45) is 0 Å². The first-order valence-corrected chi connectivity index (χ1v) is 10.2. The van der Waals surface area contributed by atoms with Crippen LogP contribution in [0.2, 0.25) is 10.0 Å². The van der Waals surface area contributed by atoms with Crippen molar-refractivity contribution in [3.8, 4) is 0 Å². The first kappa shape index (κ1) is 20.5. The molecule has 0 aliphatic rings. The van der Waals surface area contributed by atoms with Crippen LogP contribution in [0.3, 0.4) is 0 Å². The lowest BCUT2D eigenvalue weighted by Gasteiger charge is -2.15. The highest BCUT2D eigenvalue weighted by Crippen LogP contribution is 2.28. The molecule has 0 aromatic heterocycles. The summed E-state index contributed by atoms with van der Waals surface area (Å²) < 4.78 is 0. The fraction of sp³-hybridized carbons (Fsp3) is 0.0909. The Morgan fingerprint density at radius 1 is 0.893 bits per heavy atom.